The molecule has 2 heterocycles. The van der Waals surface area contributed by atoms with Crippen LogP contribution in [0.15, 0.2) is 34.0 Å². The number of nitrogens with zero attached hydrogens (tertiary/aromatic N) is 7. The van der Waals surface area contributed by atoms with Gasteiger partial charge in [-0.25, -0.2) is 10.1 Å². The number of nitrogens with one attached hydrogen (secondary N) is 1. The minimum absolute atomic E-state index is 0.00335. The number of hydrogen-bond acceptors (Lipinski definition) is 10. The van der Waals surface area contributed by atoms with Crippen molar-refractivity contribution >= 4 is 23.6 Å². The molecule has 0 aliphatic carbocycles. The highest BCUT2D eigenvalue weighted by atomic mass is 16.6. The topological polar surface area (TPSA) is 180 Å². The normalized spacial score (nSPS) is 11.0. The molecule has 13 heteroatoms. The van der Waals surface area contributed by atoms with E-state index in [0.29, 0.717) is 18.5 Å². The van der Waals surface area contributed by atoms with Crippen LogP contribution in [0.2, 0.25) is 0 Å². The molecule has 1 amide bonds. The molecule has 0 saturated heterocycles. The maximum atomic E-state index is 12.5. The number of nitro benzene ring substituents is 1. The second-order valence-corrected chi connectivity index (χ2v) is 5.53. The number of aromatic nitrogens is 5. The van der Waals surface area contributed by atoms with E-state index >= 15 is 0 Å². The largest absolute Gasteiger partial charge is 0.378 e. The van der Waals surface area contributed by atoms with Gasteiger partial charge in [-0.1, -0.05) is 30.7 Å². The first-order valence-corrected chi connectivity index (χ1v) is 8.12. The quantitative estimate of drug-likeness (QED) is 0.338. The van der Waals surface area contributed by atoms with Crippen molar-refractivity contribution in [1.29, 1.82) is 0 Å². The number of carbonyl (C=O) groups is 1. The lowest BCUT2D eigenvalue weighted by atomic mass is 10.2. The summed E-state index contributed by atoms with van der Waals surface area (Å²) in [5.74, 6) is -0.512. The van der Waals surface area contributed by atoms with Gasteiger partial charge in [0.1, 0.15) is 0 Å². The van der Waals surface area contributed by atoms with Crippen LogP contribution in [-0.4, -0.2) is 42.4 Å². The lowest BCUT2D eigenvalue weighted by Gasteiger charge is -2.03. The van der Waals surface area contributed by atoms with Gasteiger partial charge in [-0.2, -0.15) is 9.78 Å². The van der Waals surface area contributed by atoms with Gasteiger partial charge in [-0.3, -0.25) is 14.9 Å². The second kappa shape index (κ2) is 8.03. The van der Waals surface area contributed by atoms with Crippen molar-refractivity contribution < 1.29 is 14.3 Å². The first-order chi connectivity index (χ1) is 13.5. The Morgan fingerprint density at radius 3 is 2.89 bits per heavy atom. The smallest absolute Gasteiger partial charge is 0.293 e. The molecule has 0 fully saturated rings. The first-order valence-electron chi connectivity index (χ1n) is 8.12. The molecule has 2 aromatic heterocycles. The Bertz CT molecular complexity index is 1040. The van der Waals surface area contributed by atoms with E-state index in [2.05, 4.69) is 35.8 Å². The molecule has 1 aromatic carbocycles. The van der Waals surface area contributed by atoms with Gasteiger partial charge in [0.2, 0.25) is 11.6 Å². The minimum Gasteiger partial charge on any atom is -0.378 e. The molecule has 0 atom stereocenters. The van der Waals surface area contributed by atoms with Crippen LogP contribution in [0.1, 0.15) is 35.1 Å². The predicted molar refractivity (Wildman–Crippen MR) is 95.8 cm³/mol. The zero-order valence-electron chi connectivity index (χ0n) is 14.6. The molecule has 0 aliphatic heterocycles. The Morgan fingerprint density at radius 1 is 1.43 bits per heavy atom. The van der Waals surface area contributed by atoms with Crippen molar-refractivity contribution in [2.45, 2.75) is 19.8 Å². The van der Waals surface area contributed by atoms with Gasteiger partial charge >= 0.3 is 0 Å². The summed E-state index contributed by atoms with van der Waals surface area (Å²) >= 11 is 0. The van der Waals surface area contributed by atoms with E-state index in [4.69, 9.17) is 5.73 Å². The van der Waals surface area contributed by atoms with Crippen LogP contribution in [-0.2, 0) is 6.42 Å². The van der Waals surface area contributed by atoms with Gasteiger partial charge < -0.3 is 5.73 Å². The molecular formula is C15H15N9O4. The number of hydrazone groups is 1. The fourth-order valence-corrected chi connectivity index (χ4v) is 2.42. The summed E-state index contributed by atoms with van der Waals surface area (Å²) in [7, 11) is 0. The van der Waals surface area contributed by atoms with Gasteiger partial charge in [-0.15, -0.1) is 5.10 Å². The number of amides is 1. The van der Waals surface area contributed by atoms with Crippen LogP contribution >= 0.6 is 0 Å². The zero-order valence-corrected chi connectivity index (χ0v) is 14.6. The summed E-state index contributed by atoms with van der Waals surface area (Å²) in [5.41, 5.74) is 8.53. The summed E-state index contributed by atoms with van der Waals surface area (Å²) in [6.07, 6.45) is 2.33. The summed E-state index contributed by atoms with van der Waals surface area (Å²) in [5, 5.41) is 29.7. The molecule has 144 valence electrons. The number of rotatable bonds is 7. The van der Waals surface area contributed by atoms with E-state index in [9.17, 15) is 14.9 Å². The first kappa shape index (κ1) is 18.6. The van der Waals surface area contributed by atoms with Crippen molar-refractivity contribution in [2.75, 3.05) is 5.73 Å². The van der Waals surface area contributed by atoms with Crippen LogP contribution in [0.4, 0.5) is 11.5 Å². The van der Waals surface area contributed by atoms with Gasteiger partial charge in [-0.05, 0) is 22.8 Å². The van der Waals surface area contributed by atoms with Crippen molar-refractivity contribution in [3.05, 3.63) is 51.3 Å². The minimum atomic E-state index is -0.639. The lowest BCUT2D eigenvalue weighted by Crippen LogP contribution is -2.20. The highest BCUT2D eigenvalue weighted by Gasteiger charge is 2.23. The van der Waals surface area contributed by atoms with Crippen molar-refractivity contribution in [2.24, 2.45) is 5.10 Å². The third kappa shape index (κ3) is 3.67. The summed E-state index contributed by atoms with van der Waals surface area (Å²) in [4.78, 5) is 22.9. The predicted octanol–water partition coefficient (Wildman–Crippen LogP) is 0.857. The number of nitro groups is 1. The Kier molecular flexibility index (Phi) is 5.34. The SMILES string of the molecule is CCCc1c(C(=O)NN=Cc2ccccc2[N+](=O)[O-])nnn1-c1nonc1N. The zero-order chi connectivity index (χ0) is 20.1. The highest BCUT2D eigenvalue weighted by molar-refractivity contribution is 5.94. The van der Waals surface area contributed by atoms with E-state index in [-0.39, 0.29) is 28.6 Å². The fraction of sp³-hybridized carbons (Fsp3) is 0.200. The third-order valence-corrected chi connectivity index (χ3v) is 3.66. The standard InChI is InChI=1S/C15H15N9O4/c1-2-5-11-12(18-22-23(11)14-13(16)20-28-21-14)15(25)19-17-8-9-6-3-4-7-10(9)24(26)27/h3-4,6-8H,2,5H2,1H3,(H2,16,20)(H,19,25). The van der Waals surface area contributed by atoms with Crippen molar-refractivity contribution in [1.82, 2.24) is 30.7 Å². The number of para-hydroxylation sites is 1. The molecule has 3 aromatic rings. The van der Waals surface area contributed by atoms with E-state index in [0.717, 1.165) is 0 Å². The van der Waals surface area contributed by atoms with Gasteiger partial charge in [0, 0.05) is 6.07 Å². The molecule has 0 unspecified atom stereocenters. The van der Waals surface area contributed by atoms with Crippen molar-refractivity contribution in [3.8, 4) is 5.82 Å². The molecule has 0 spiro atoms. The monoisotopic (exact) mass is 385 g/mol. The molecular weight excluding hydrogens is 370 g/mol. The average molecular weight is 385 g/mol. The summed E-state index contributed by atoms with van der Waals surface area (Å²) in [6.45, 7) is 1.91. The van der Waals surface area contributed by atoms with Crippen LogP contribution in [0.5, 0.6) is 0 Å². The number of benzene rings is 1. The number of nitrogens with two attached hydrogens (primary N) is 1. The van der Waals surface area contributed by atoms with E-state index in [1.165, 1.54) is 29.1 Å². The molecule has 13 nitrogen and oxygen atoms in total. The molecule has 28 heavy (non-hydrogen) atoms. The number of nitrogen functional groups attached to an aromatic ring is 1. The van der Waals surface area contributed by atoms with Gasteiger partial charge in [0.15, 0.2) is 5.69 Å². The molecule has 3 N–H and O–H groups in total. The Balaban J connectivity index is 1.83. The molecule has 0 aliphatic rings. The van der Waals surface area contributed by atoms with Gasteiger partial charge in [0.25, 0.3) is 11.6 Å². The highest BCUT2D eigenvalue weighted by Crippen LogP contribution is 2.17. The number of carbonyl (C=O) groups excluding carboxylic acids is 1. The average Bonchev–Trinajstić information content (AvgIpc) is 3.28. The summed E-state index contributed by atoms with van der Waals surface area (Å²) < 4.78 is 5.83. The van der Waals surface area contributed by atoms with Crippen LogP contribution in [0, 0.1) is 10.1 Å². The van der Waals surface area contributed by atoms with E-state index < -0.39 is 10.8 Å². The second-order valence-electron chi connectivity index (χ2n) is 5.53. The van der Waals surface area contributed by atoms with E-state index in [1.54, 1.807) is 6.07 Å². The van der Waals surface area contributed by atoms with Crippen LogP contribution < -0.4 is 11.2 Å². The Labute approximate surface area is 157 Å². The number of anilines is 1. The van der Waals surface area contributed by atoms with E-state index in [1.807, 2.05) is 6.92 Å². The maximum Gasteiger partial charge on any atom is 0.293 e. The maximum absolute atomic E-state index is 12.5. The van der Waals surface area contributed by atoms with Crippen molar-refractivity contribution in [3.63, 3.8) is 0 Å². The molecule has 0 radical (unpaired) electrons. The molecule has 0 bridgehead atoms. The number of hydrogen-bond donors (Lipinski definition) is 2. The third-order valence-electron chi connectivity index (χ3n) is 3.66. The fourth-order valence-electron chi connectivity index (χ4n) is 2.42. The molecule has 3 rings (SSSR count). The Hall–Kier alpha value is -4.16. The Morgan fingerprint density at radius 2 is 2.21 bits per heavy atom. The molecule has 0 saturated carbocycles. The van der Waals surface area contributed by atoms with Crippen LogP contribution in [0.3, 0.4) is 0 Å². The lowest BCUT2D eigenvalue weighted by molar-refractivity contribution is -0.385. The van der Waals surface area contributed by atoms with Gasteiger partial charge in [0.05, 0.1) is 22.4 Å². The van der Waals surface area contributed by atoms with Crippen LogP contribution in [0.25, 0.3) is 5.82 Å². The summed E-state index contributed by atoms with van der Waals surface area (Å²) in [6, 6.07) is 6.00.